The van der Waals surface area contributed by atoms with Crippen molar-refractivity contribution in [2.45, 2.75) is 103 Å². The second-order valence-electron chi connectivity index (χ2n) is 17.2. The average Bonchev–Trinajstić information content (AvgIpc) is 3.51. The maximum Gasteiger partial charge on any atom is 0.228 e. The zero-order valence-electron chi connectivity index (χ0n) is 34.5. The van der Waals surface area contributed by atoms with E-state index in [0.29, 0.717) is 73.1 Å². The van der Waals surface area contributed by atoms with Gasteiger partial charge in [0.15, 0.2) is 20.3 Å². The highest BCUT2D eigenvalue weighted by atomic mass is 28.4. The molecule has 1 N–H and O–H groups in total. The van der Waals surface area contributed by atoms with Crippen molar-refractivity contribution in [2.24, 2.45) is 0 Å². The van der Waals surface area contributed by atoms with Gasteiger partial charge in [0, 0.05) is 51.4 Å². The van der Waals surface area contributed by atoms with Crippen molar-refractivity contribution in [1.29, 1.82) is 0 Å². The summed E-state index contributed by atoms with van der Waals surface area (Å²) in [7, 11) is -1.46. The molecule has 1 fully saturated rings. The molecule has 1 saturated heterocycles. The molecule has 1 unspecified atom stereocenters. The van der Waals surface area contributed by atoms with E-state index in [1.54, 1.807) is 19.3 Å². The van der Waals surface area contributed by atoms with Crippen LogP contribution in [0.4, 0.5) is 10.3 Å². The molecule has 6 rings (SSSR count). The summed E-state index contributed by atoms with van der Waals surface area (Å²) in [5.41, 5.74) is 3.87. The minimum Gasteiger partial charge on any atom is -0.491 e. The Morgan fingerprint density at radius 2 is 1.77 bits per heavy atom. The molecule has 1 aliphatic rings. The monoisotopic (exact) mass is 803 g/mol. The number of hydrogen-bond acceptors (Lipinski definition) is 10. The van der Waals surface area contributed by atoms with E-state index in [-0.39, 0.29) is 17.9 Å². The molecule has 0 spiro atoms. The number of rotatable bonds is 17. The number of fused-ring (bicyclic) bond motifs is 2. The quantitative estimate of drug-likeness (QED) is 0.0721. The molecule has 3 aromatic heterocycles. The van der Waals surface area contributed by atoms with E-state index in [1.807, 2.05) is 29.0 Å². The van der Waals surface area contributed by atoms with E-state index in [1.165, 1.54) is 12.1 Å². The van der Waals surface area contributed by atoms with E-state index in [2.05, 4.69) is 69.9 Å². The molecular formula is C42H58FN5O6Si2. The van der Waals surface area contributed by atoms with E-state index in [4.69, 9.17) is 38.1 Å². The number of halogens is 1. The maximum atomic E-state index is 14.9. The van der Waals surface area contributed by atoms with Crippen LogP contribution >= 0.6 is 0 Å². The lowest BCUT2D eigenvalue weighted by molar-refractivity contribution is -0.106. The van der Waals surface area contributed by atoms with Crippen LogP contribution in [0.2, 0.25) is 43.8 Å². The summed E-state index contributed by atoms with van der Waals surface area (Å²) in [6.45, 7) is 20.4. The van der Waals surface area contributed by atoms with Crippen LogP contribution in [0.3, 0.4) is 0 Å². The molecule has 4 heterocycles. The summed E-state index contributed by atoms with van der Waals surface area (Å²) < 4.78 is 53.8. The number of pyridine rings is 1. The summed E-state index contributed by atoms with van der Waals surface area (Å²) in [5, 5.41) is 4.80. The van der Waals surface area contributed by atoms with Crippen LogP contribution in [0.25, 0.3) is 33.1 Å². The van der Waals surface area contributed by atoms with Crippen LogP contribution in [-0.2, 0) is 27.2 Å². The van der Waals surface area contributed by atoms with E-state index in [9.17, 15) is 4.39 Å². The number of nitrogens with one attached hydrogen (secondary N) is 1. The molecule has 2 aromatic carbocycles. The molecule has 5 aromatic rings. The van der Waals surface area contributed by atoms with Crippen LogP contribution in [0, 0.1) is 5.82 Å². The molecule has 0 saturated carbocycles. The second kappa shape index (κ2) is 17.6. The van der Waals surface area contributed by atoms with Gasteiger partial charge in [0.2, 0.25) is 11.8 Å². The van der Waals surface area contributed by atoms with Gasteiger partial charge in [-0.2, -0.15) is 9.97 Å². The van der Waals surface area contributed by atoms with E-state index < -0.39 is 22.2 Å². The predicted octanol–water partition coefficient (Wildman–Crippen LogP) is 10.0. The van der Waals surface area contributed by atoms with E-state index in [0.717, 1.165) is 47.3 Å². The fraction of sp³-hybridized carbons (Fsp3) is 0.500. The van der Waals surface area contributed by atoms with Crippen LogP contribution in [-0.4, -0.2) is 75.7 Å². The van der Waals surface area contributed by atoms with Crippen LogP contribution in [0.5, 0.6) is 17.4 Å². The van der Waals surface area contributed by atoms with Gasteiger partial charge in [-0.3, -0.25) is 4.98 Å². The Morgan fingerprint density at radius 1 is 0.946 bits per heavy atom. The molecule has 14 heteroatoms. The highest BCUT2D eigenvalue weighted by Crippen LogP contribution is 2.39. The summed E-state index contributed by atoms with van der Waals surface area (Å²) >= 11 is 0. The second-order valence-corrected chi connectivity index (χ2v) is 27.6. The number of anilines is 1. The molecule has 1 atom stereocenters. The number of hydrogen-bond donors (Lipinski definition) is 1. The minimum atomic E-state index is -1.93. The molecule has 302 valence electrons. The van der Waals surface area contributed by atoms with Crippen LogP contribution in [0.1, 0.15) is 45.6 Å². The van der Waals surface area contributed by atoms with Gasteiger partial charge >= 0.3 is 0 Å². The largest absolute Gasteiger partial charge is 0.491 e. The summed E-state index contributed by atoms with van der Waals surface area (Å²) in [6.07, 6.45) is 6.48. The smallest absolute Gasteiger partial charge is 0.228 e. The summed E-state index contributed by atoms with van der Waals surface area (Å²) in [6, 6.07) is 13.8. The molecule has 0 bridgehead atoms. The van der Waals surface area contributed by atoms with Gasteiger partial charge in [-0.05, 0) is 78.5 Å². The van der Waals surface area contributed by atoms with Gasteiger partial charge in [-0.1, -0.05) is 46.5 Å². The topological polar surface area (TPSA) is 111 Å². The Morgan fingerprint density at radius 3 is 2.50 bits per heavy atom. The zero-order valence-corrected chi connectivity index (χ0v) is 36.5. The van der Waals surface area contributed by atoms with Gasteiger partial charge in [0.1, 0.15) is 37.3 Å². The van der Waals surface area contributed by atoms with Crippen molar-refractivity contribution in [3.05, 3.63) is 66.2 Å². The highest BCUT2D eigenvalue weighted by molar-refractivity contribution is 6.76. The Balaban J connectivity index is 1.30. The number of nitrogens with zero attached hydrogens (tertiary/aromatic N) is 4. The number of ether oxygens (including phenoxy) is 5. The molecule has 56 heavy (non-hydrogen) atoms. The van der Waals surface area contributed by atoms with Crippen molar-refractivity contribution in [3.8, 4) is 28.5 Å². The number of benzene rings is 2. The molecule has 0 aliphatic carbocycles. The van der Waals surface area contributed by atoms with Crippen molar-refractivity contribution in [3.63, 3.8) is 0 Å². The van der Waals surface area contributed by atoms with Crippen molar-refractivity contribution >= 4 is 44.3 Å². The average molecular weight is 804 g/mol. The van der Waals surface area contributed by atoms with Crippen molar-refractivity contribution in [2.75, 3.05) is 38.8 Å². The Hall–Kier alpha value is -4.09. The highest BCUT2D eigenvalue weighted by Gasteiger charge is 2.37. The third-order valence-corrected chi connectivity index (χ3v) is 16.7. The zero-order chi connectivity index (χ0) is 40.1. The van der Waals surface area contributed by atoms with Crippen LogP contribution < -0.4 is 19.5 Å². The van der Waals surface area contributed by atoms with Crippen molar-refractivity contribution in [1.82, 2.24) is 19.5 Å². The molecule has 11 nitrogen and oxygen atoms in total. The summed E-state index contributed by atoms with van der Waals surface area (Å²) in [5.74, 6) is 1.40. The lowest BCUT2D eigenvalue weighted by atomic mass is 10.0. The lowest BCUT2D eigenvalue weighted by Crippen LogP contribution is -2.41. The standard InChI is InChI=1S/C42H58FN5O6Si2/c1-42(2,3)56(8,9)53-17-16-50-33-21-29(20-32(43)24-33)27-52-40-38-35(26-48(28-49-18-19-55(5,6)7)39(38)46-41(44-4)47-40)30-13-14-36-31(22-30)23-34(25-45-36)54-37-12-10-11-15-51-37/h13-14,20-26,37H,10-12,15-19,27-28H2,1-9H3,(H,44,46,47). The lowest BCUT2D eigenvalue weighted by Gasteiger charge is -2.36. The first kappa shape index (κ1) is 41.5. The fourth-order valence-corrected chi connectivity index (χ4v) is 7.92. The van der Waals surface area contributed by atoms with Gasteiger partial charge < -0.3 is 38.0 Å². The normalized spacial score (nSPS) is 15.4. The van der Waals surface area contributed by atoms with Gasteiger partial charge in [0.25, 0.3) is 0 Å². The Bertz CT molecular complexity index is 2110. The third-order valence-electron chi connectivity index (χ3n) is 10.4. The first-order valence-electron chi connectivity index (χ1n) is 19.6. The molecular weight excluding hydrogens is 746 g/mol. The van der Waals surface area contributed by atoms with Crippen molar-refractivity contribution < 1.29 is 32.5 Å². The SMILES string of the molecule is CNc1nc(OCc2cc(F)cc(OCCO[Si](C)(C)C(C)(C)C)c2)c2c(-c3ccc4ncc(OC5CCCCO5)cc4c3)cn(COCC[Si](C)(C)C)c2n1. The third kappa shape index (κ3) is 10.6. The molecule has 1 aliphatic heterocycles. The molecule has 0 amide bonds. The predicted molar refractivity (Wildman–Crippen MR) is 226 cm³/mol. The Labute approximate surface area is 332 Å². The summed E-state index contributed by atoms with van der Waals surface area (Å²) in [4.78, 5) is 14.3. The Kier molecular flexibility index (Phi) is 13.1. The minimum absolute atomic E-state index is 0.0484. The fourth-order valence-electron chi connectivity index (χ4n) is 6.14. The van der Waals surface area contributed by atoms with E-state index >= 15 is 0 Å². The van der Waals surface area contributed by atoms with Crippen LogP contribution in [0.15, 0.2) is 54.9 Å². The van der Waals surface area contributed by atoms with Gasteiger partial charge in [-0.15, -0.1) is 0 Å². The first-order chi connectivity index (χ1) is 26.6. The van der Waals surface area contributed by atoms with Gasteiger partial charge in [0.05, 0.1) is 30.3 Å². The maximum absolute atomic E-state index is 14.9. The van der Waals surface area contributed by atoms with Gasteiger partial charge in [-0.25, -0.2) is 4.39 Å². The molecule has 0 radical (unpaired) electrons. The first-order valence-corrected chi connectivity index (χ1v) is 26.2. The number of aromatic nitrogens is 4.